The first-order valence-corrected chi connectivity index (χ1v) is 7.57. The summed E-state index contributed by atoms with van der Waals surface area (Å²) in [5, 5.41) is 4.35. The highest BCUT2D eigenvalue weighted by molar-refractivity contribution is 6.30. The minimum atomic E-state index is 0.393. The van der Waals surface area contributed by atoms with Gasteiger partial charge in [-0.1, -0.05) is 50.9 Å². The minimum absolute atomic E-state index is 0.393. The van der Waals surface area contributed by atoms with Crippen LogP contribution in [0.4, 0.5) is 0 Å². The van der Waals surface area contributed by atoms with Gasteiger partial charge in [0.25, 0.3) is 0 Å². The van der Waals surface area contributed by atoms with Crippen molar-refractivity contribution in [1.82, 2.24) is 5.32 Å². The van der Waals surface area contributed by atoms with Gasteiger partial charge in [-0.05, 0) is 30.0 Å². The van der Waals surface area contributed by atoms with Crippen LogP contribution in [0, 0.1) is 5.92 Å². The maximum atomic E-state index is 5.93. The van der Waals surface area contributed by atoms with Gasteiger partial charge in [0.1, 0.15) is 0 Å². The molecule has 2 nitrogen and oxygen atoms in total. The Labute approximate surface area is 122 Å². The average Bonchev–Trinajstić information content (AvgIpc) is 2.38. The van der Waals surface area contributed by atoms with Crippen molar-refractivity contribution in [3.05, 3.63) is 34.9 Å². The lowest BCUT2D eigenvalue weighted by molar-refractivity contribution is 0.110. The molecule has 0 spiro atoms. The topological polar surface area (TPSA) is 21.3 Å². The molecule has 0 heterocycles. The normalized spacial score (nSPS) is 12.9. The van der Waals surface area contributed by atoms with Crippen LogP contribution in [0.2, 0.25) is 5.02 Å². The van der Waals surface area contributed by atoms with Gasteiger partial charge in [0.2, 0.25) is 0 Å². The summed E-state index contributed by atoms with van der Waals surface area (Å²) in [6.07, 6.45) is 2.29. The largest absolute Gasteiger partial charge is 0.380 e. The van der Waals surface area contributed by atoms with E-state index in [2.05, 4.69) is 38.2 Å². The quantitative estimate of drug-likeness (QED) is 0.676. The van der Waals surface area contributed by atoms with Crippen LogP contribution in [0.3, 0.4) is 0 Å². The van der Waals surface area contributed by atoms with Crippen molar-refractivity contribution < 1.29 is 4.74 Å². The second kappa shape index (κ2) is 9.35. The van der Waals surface area contributed by atoms with Crippen LogP contribution in [0.25, 0.3) is 0 Å². The van der Waals surface area contributed by atoms with Crippen molar-refractivity contribution >= 4 is 11.6 Å². The molecule has 1 unspecified atom stereocenters. The fraction of sp³-hybridized carbons (Fsp3) is 0.625. The Bertz CT molecular complexity index is 337. The van der Waals surface area contributed by atoms with Gasteiger partial charge in [0.15, 0.2) is 0 Å². The molecule has 1 aromatic rings. The summed E-state index contributed by atoms with van der Waals surface area (Å²) >= 11 is 5.93. The minimum Gasteiger partial charge on any atom is -0.380 e. The van der Waals surface area contributed by atoms with Crippen molar-refractivity contribution in [3.8, 4) is 0 Å². The van der Waals surface area contributed by atoms with Gasteiger partial charge in [-0.15, -0.1) is 0 Å². The van der Waals surface area contributed by atoms with Gasteiger partial charge in [0, 0.05) is 24.2 Å². The van der Waals surface area contributed by atoms with E-state index in [9.17, 15) is 0 Å². The number of hydrogen-bond donors (Lipinski definition) is 1. The van der Waals surface area contributed by atoms with E-state index >= 15 is 0 Å². The van der Waals surface area contributed by atoms with Gasteiger partial charge in [-0.25, -0.2) is 0 Å². The highest BCUT2D eigenvalue weighted by Gasteiger charge is 2.09. The Morgan fingerprint density at radius 2 is 1.89 bits per heavy atom. The van der Waals surface area contributed by atoms with E-state index in [0.29, 0.717) is 12.0 Å². The molecule has 0 aliphatic carbocycles. The zero-order valence-corrected chi connectivity index (χ0v) is 13.0. The molecule has 0 aliphatic rings. The number of halogens is 1. The summed E-state index contributed by atoms with van der Waals surface area (Å²) in [5.74, 6) is 0.600. The molecule has 1 aromatic carbocycles. The van der Waals surface area contributed by atoms with Crippen LogP contribution >= 0.6 is 11.6 Å². The fourth-order valence-electron chi connectivity index (χ4n) is 1.99. The molecule has 1 atom stereocenters. The second-order valence-corrected chi connectivity index (χ2v) is 5.75. The molecule has 1 rings (SSSR count). The number of nitrogens with one attached hydrogen (secondary N) is 1. The van der Waals surface area contributed by atoms with E-state index in [0.717, 1.165) is 37.6 Å². The molecule has 3 heteroatoms. The van der Waals surface area contributed by atoms with E-state index < -0.39 is 0 Å². The maximum absolute atomic E-state index is 5.93. The SMILES string of the molecule is CCCC(NCCOCC(C)C)c1ccc(Cl)cc1. The van der Waals surface area contributed by atoms with Crippen LogP contribution in [0.5, 0.6) is 0 Å². The van der Waals surface area contributed by atoms with Crippen LogP contribution < -0.4 is 5.32 Å². The Balaban J connectivity index is 2.38. The van der Waals surface area contributed by atoms with E-state index in [1.54, 1.807) is 0 Å². The molecule has 0 fully saturated rings. The van der Waals surface area contributed by atoms with Crippen molar-refractivity contribution in [2.75, 3.05) is 19.8 Å². The van der Waals surface area contributed by atoms with Crippen molar-refractivity contribution in [3.63, 3.8) is 0 Å². The maximum Gasteiger partial charge on any atom is 0.0591 e. The second-order valence-electron chi connectivity index (χ2n) is 5.32. The molecule has 0 saturated carbocycles. The van der Waals surface area contributed by atoms with E-state index in [-0.39, 0.29) is 0 Å². The van der Waals surface area contributed by atoms with Crippen LogP contribution in [-0.4, -0.2) is 19.8 Å². The summed E-state index contributed by atoms with van der Waals surface area (Å²) < 4.78 is 5.59. The number of ether oxygens (including phenoxy) is 1. The lowest BCUT2D eigenvalue weighted by Gasteiger charge is -2.19. The van der Waals surface area contributed by atoms with Gasteiger partial charge in [0.05, 0.1) is 6.61 Å². The first kappa shape index (κ1) is 16.5. The monoisotopic (exact) mass is 283 g/mol. The molecule has 0 aliphatic heterocycles. The third-order valence-electron chi connectivity index (χ3n) is 2.94. The first-order valence-electron chi connectivity index (χ1n) is 7.20. The number of hydrogen-bond acceptors (Lipinski definition) is 2. The number of benzene rings is 1. The zero-order chi connectivity index (χ0) is 14.1. The van der Waals surface area contributed by atoms with Crippen LogP contribution in [-0.2, 0) is 4.74 Å². The summed E-state index contributed by atoms with van der Waals surface area (Å²) in [7, 11) is 0. The van der Waals surface area contributed by atoms with Gasteiger partial charge >= 0.3 is 0 Å². The van der Waals surface area contributed by atoms with E-state index in [4.69, 9.17) is 16.3 Å². The third-order valence-corrected chi connectivity index (χ3v) is 3.19. The predicted molar refractivity (Wildman–Crippen MR) is 82.8 cm³/mol. The molecule has 1 N–H and O–H groups in total. The highest BCUT2D eigenvalue weighted by atomic mass is 35.5. The Hall–Kier alpha value is -0.570. The molecule has 108 valence electrons. The van der Waals surface area contributed by atoms with Crippen molar-refractivity contribution in [1.29, 1.82) is 0 Å². The molecule has 0 saturated heterocycles. The molecular formula is C16H26ClNO. The summed E-state index contributed by atoms with van der Waals surface area (Å²) in [6, 6.07) is 8.51. The molecule has 0 amide bonds. The molecule has 19 heavy (non-hydrogen) atoms. The smallest absolute Gasteiger partial charge is 0.0591 e. The molecule has 0 radical (unpaired) electrons. The lowest BCUT2D eigenvalue weighted by Crippen LogP contribution is -2.25. The average molecular weight is 284 g/mol. The molecule has 0 bridgehead atoms. The molecular weight excluding hydrogens is 258 g/mol. The standard InChI is InChI=1S/C16H26ClNO/c1-4-5-16(14-6-8-15(17)9-7-14)18-10-11-19-12-13(2)3/h6-9,13,16,18H,4-5,10-12H2,1-3H3. The highest BCUT2D eigenvalue weighted by Crippen LogP contribution is 2.20. The van der Waals surface area contributed by atoms with Gasteiger partial charge < -0.3 is 10.1 Å². The number of rotatable bonds is 9. The summed E-state index contributed by atoms with van der Waals surface area (Å²) in [4.78, 5) is 0. The lowest BCUT2D eigenvalue weighted by atomic mass is 10.0. The Kier molecular flexibility index (Phi) is 8.11. The van der Waals surface area contributed by atoms with Crippen LogP contribution in [0.15, 0.2) is 24.3 Å². The summed E-state index contributed by atoms with van der Waals surface area (Å²) in [5.41, 5.74) is 1.30. The fourth-order valence-corrected chi connectivity index (χ4v) is 2.12. The van der Waals surface area contributed by atoms with Crippen molar-refractivity contribution in [2.24, 2.45) is 5.92 Å². The van der Waals surface area contributed by atoms with Crippen LogP contribution in [0.1, 0.15) is 45.2 Å². The Morgan fingerprint density at radius 1 is 1.21 bits per heavy atom. The zero-order valence-electron chi connectivity index (χ0n) is 12.3. The van der Waals surface area contributed by atoms with Gasteiger partial charge in [-0.3, -0.25) is 0 Å². The first-order chi connectivity index (χ1) is 9.13. The summed E-state index contributed by atoms with van der Waals surface area (Å²) in [6.45, 7) is 9.04. The van der Waals surface area contributed by atoms with E-state index in [1.807, 2.05) is 12.1 Å². The predicted octanol–water partition coefficient (Wildman–Crippen LogP) is 4.44. The van der Waals surface area contributed by atoms with Crippen molar-refractivity contribution in [2.45, 2.75) is 39.7 Å². The Morgan fingerprint density at radius 3 is 2.47 bits per heavy atom. The van der Waals surface area contributed by atoms with E-state index in [1.165, 1.54) is 5.56 Å². The van der Waals surface area contributed by atoms with Gasteiger partial charge in [-0.2, -0.15) is 0 Å². The molecule has 0 aromatic heterocycles. The third kappa shape index (κ3) is 6.95.